The number of amides is 1. The minimum absolute atomic E-state index is 0.00781. The highest BCUT2D eigenvalue weighted by atomic mass is 16.7. The van der Waals surface area contributed by atoms with Crippen LogP contribution in [-0.2, 0) is 35.1 Å². The van der Waals surface area contributed by atoms with Gasteiger partial charge in [0.05, 0.1) is 19.3 Å². The maximum Gasteiger partial charge on any atom is 0.407 e. The number of hydrogen-bond acceptors (Lipinski definition) is 7. The van der Waals surface area contributed by atoms with Gasteiger partial charge in [0, 0.05) is 32.5 Å². The van der Waals surface area contributed by atoms with Crippen LogP contribution in [0.3, 0.4) is 0 Å². The Balaban J connectivity index is 1.57. The molecule has 8 heteroatoms. The summed E-state index contributed by atoms with van der Waals surface area (Å²) in [6.07, 6.45) is 9.26. The van der Waals surface area contributed by atoms with Crippen molar-refractivity contribution in [3.05, 3.63) is 60.2 Å². The Hall–Kier alpha value is -2.52. The minimum atomic E-state index is -0.491. The monoisotopic (exact) mass is 473 g/mol. The van der Waals surface area contributed by atoms with Gasteiger partial charge in [0.15, 0.2) is 12.1 Å². The van der Waals surface area contributed by atoms with Crippen LogP contribution in [0.1, 0.15) is 31.2 Å². The lowest BCUT2D eigenvalue weighted by Crippen LogP contribution is -2.43. The van der Waals surface area contributed by atoms with E-state index in [1.165, 1.54) is 0 Å². The van der Waals surface area contributed by atoms with E-state index >= 15 is 0 Å². The fourth-order valence-corrected chi connectivity index (χ4v) is 4.12. The molecular formula is C26H35NO7. The summed E-state index contributed by atoms with van der Waals surface area (Å²) in [7, 11) is 1.59. The molecule has 3 atom stereocenters. The summed E-state index contributed by atoms with van der Waals surface area (Å²) >= 11 is 0. The number of rotatable bonds is 13. The average Bonchev–Trinajstić information content (AvgIpc) is 3.38. The molecule has 1 saturated heterocycles. The average molecular weight is 474 g/mol. The van der Waals surface area contributed by atoms with Crippen molar-refractivity contribution in [3.8, 4) is 0 Å². The van der Waals surface area contributed by atoms with Crippen LogP contribution in [0.2, 0.25) is 0 Å². The first-order valence-corrected chi connectivity index (χ1v) is 11.8. The lowest BCUT2D eigenvalue weighted by molar-refractivity contribution is -0.117. The molecule has 1 fully saturated rings. The number of carbonyl (C=O) groups excluding carboxylic acids is 2. The first-order chi connectivity index (χ1) is 16.7. The number of carbonyl (C=O) groups is 2. The van der Waals surface area contributed by atoms with Gasteiger partial charge in [0.2, 0.25) is 0 Å². The van der Waals surface area contributed by atoms with Gasteiger partial charge < -0.3 is 29.0 Å². The van der Waals surface area contributed by atoms with Gasteiger partial charge in [-0.25, -0.2) is 4.79 Å². The third-order valence-corrected chi connectivity index (χ3v) is 5.89. The van der Waals surface area contributed by atoms with Crippen molar-refractivity contribution in [1.82, 2.24) is 5.32 Å². The minimum Gasteiger partial charge on any atom is -0.445 e. The Morgan fingerprint density at radius 2 is 1.94 bits per heavy atom. The molecule has 0 bridgehead atoms. The lowest BCUT2D eigenvalue weighted by Gasteiger charge is -2.33. The highest BCUT2D eigenvalue weighted by Gasteiger charge is 2.30. The number of hydrogen-bond donors (Lipinski definition) is 1. The molecule has 186 valence electrons. The van der Waals surface area contributed by atoms with Crippen molar-refractivity contribution in [1.29, 1.82) is 0 Å². The molecule has 34 heavy (non-hydrogen) atoms. The Morgan fingerprint density at radius 3 is 2.71 bits per heavy atom. The van der Waals surface area contributed by atoms with E-state index in [1.807, 2.05) is 42.5 Å². The van der Waals surface area contributed by atoms with E-state index in [0.29, 0.717) is 32.7 Å². The largest absolute Gasteiger partial charge is 0.445 e. The molecule has 1 aliphatic carbocycles. The Kier molecular flexibility index (Phi) is 11.3. The number of ketones is 1. The van der Waals surface area contributed by atoms with Gasteiger partial charge in [-0.15, -0.1) is 0 Å². The number of benzene rings is 1. The number of ether oxygens (including phenoxy) is 5. The van der Waals surface area contributed by atoms with E-state index in [2.05, 4.69) is 11.4 Å². The molecule has 0 spiro atoms. The van der Waals surface area contributed by atoms with Crippen LogP contribution in [0.15, 0.2) is 54.6 Å². The zero-order chi connectivity index (χ0) is 24.0. The third kappa shape index (κ3) is 9.02. The topological polar surface area (TPSA) is 92.3 Å². The van der Waals surface area contributed by atoms with Crippen LogP contribution < -0.4 is 5.32 Å². The van der Waals surface area contributed by atoms with Crippen LogP contribution >= 0.6 is 0 Å². The second kappa shape index (κ2) is 14.7. The van der Waals surface area contributed by atoms with E-state index in [9.17, 15) is 9.59 Å². The number of alkyl carbamates (subject to hydrolysis) is 1. The van der Waals surface area contributed by atoms with Crippen LogP contribution in [0, 0.1) is 11.8 Å². The van der Waals surface area contributed by atoms with Gasteiger partial charge in [-0.2, -0.15) is 0 Å². The van der Waals surface area contributed by atoms with Gasteiger partial charge in [0.25, 0.3) is 0 Å². The summed E-state index contributed by atoms with van der Waals surface area (Å²) in [5.41, 5.74) is 0.919. The maximum atomic E-state index is 12.5. The third-order valence-electron chi connectivity index (χ3n) is 5.89. The van der Waals surface area contributed by atoms with Crippen molar-refractivity contribution < 1.29 is 33.3 Å². The predicted octanol–water partition coefficient (Wildman–Crippen LogP) is 3.76. The molecule has 1 aliphatic heterocycles. The smallest absolute Gasteiger partial charge is 0.407 e. The predicted molar refractivity (Wildman–Crippen MR) is 126 cm³/mol. The highest BCUT2D eigenvalue weighted by molar-refractivity contribution is 5.89. The zero-order valence-electron chi connectivity index (χ0n) is 19.7. The summed E-state index contributed by atoms with van der Waals surface area (Å²) in [6, 6.07) is 9.25. The summed E-state index contributed by atoms with van der Waals surface area (Å²) < 4.78 is 26.6. The fraction of sp³-hybridized carbons (Fsp3) is 0.538. The van der Waals surface area contributed by atoms with Crippen LogP contribution in [0.4, 0.5) is 4.79 Å². The standard InChI is InChI=1S/C26H35NO7/c1-30-19-31-15-14-21-8-5-9-24(27-26(29)34-18-20-6-3-2-4-7-20)23(21)12-10-22(28)11-13-25-32-16-17-33-25/h2-7,9-10,12,21,23-25H,8,11,13-19H2,1H3,(H,27,29). The van der Waals surface area contributed by atoms with Gasteiger partial charge in [0.1, 0.15) is 13.4 Å². The lowest BCUT2D eigenvalue weighted by atomic mass is 9.77. The first kappa shape index (κ1) is 26.1. The zero-order valence-corrected chi connectivity index (χ0v) is 19.7. The van der Waals surface area contributed by atoms with Crippen LogP contribution in [0.25, 0.3) is 0 Å². The van der Waals surface area contributed by atoms with E-state index in [-0.39, 0.29) is 43.4 Å². The number of allylic oxidation sites excluding steroid dienone is 2. The Morgan fingerprint density at radius 1 is 1.15 bits per heavy atom. The molecule has 8 nitrogen and oxygen atoms in total. The normalized spacial score (nSPS) is 22.8. The molecule has 1 amide bonds. The molecule has 1 aromatic rings. The van der Waals surface area contributed by atoms with Crippen LogP contribution in [-0.4, -0.2) is 57.9 Å². The van der Waals surface area contributed by atoms with Crippen LogP contribution in [0.5, 0.6) is 0 Å². The van der Waals surface area contributed by atoms with Gasteiger partial charge in [-0.3, -0.25) is 4.79 Å². The summed E-state index contributed by atoms with van der Waals surface area (Å²) in [5.74, 6) is 0.142. The summed E-state index contributed by atoms with van der Waals surface area (Å²) in [5, 5.41) is 2.96. The van der Waals surface area contributed by atoms with E-state index < -0.39 is 6.09 Å². The van der Waals surface area contributed by atoms with Crippen molar-refractivity contribution in [2.45, 2.75) is 44.6 Å². The van der Waals surface area contributed by atoms with Crippen molar-refractivity contribution in [2.24, 2.45) is 11.8 Å². The summed E-state index contributed by atoms with van der Waals surface area (Å²) in [4.78, 5) is 25.0. The first-order valence-electron chi connectivity index (χ1n) is 11.8. The Bertz CT molecular complexity index is 805. The summed E-state index contributed by atoms with van der Waals surface area (Å²) in [6.45, 7) is 2.11. The maximum absolute atomic E-state index is 12.5. The second-order valence-corrected chi connectivity index (χ2v) is 8.37. The highest BCUT2D eigenvalue weighted by Crippen LogP contribution is 2.30. The number of nitrogens with one attached hydrogen (secondary N) is 1. The molecule has 3 unspecified atom stereocenters. The van der Waals surface area contributed by atoms with Gasteiger partial charge in [-0.1, -0.05) is 48.6 Å². The van der Waals surface area contributed by atoms with Crippen molar-refractivity contribution in [2.75, 3.05) is 33.7 Å². The molecular weight excluding hydrogens is 438 g/mol. The van der Waals surface area contributed by atoms with E-state index in [1.54, 1.807) is 13.2 Å². The quantitative estimate of drug-likeness (QED) is 0.202. The molecule has 0 radical (unpaired) electrons. The molecule has 1 aromatic carbocycles. The van der Waals surface area contributed by atoms with Gasteiger partial charge in [-0.05, 0) is 30.4 Å². The fourth-order valence-electron chi connectivity index (χ4n) is 4.12. The van der Waals surface area contributed by atoms with E-state index in [0.717, 1.165) is 18.4 Å². The number of methoxy groups -OCH3 is 1. The van der Waals surface area contributed by atoms with E-state index in [4.69, 9.17) is 23.7 Å². The van der Waals surface area contributed by atoms with Crippen molar-refractivity contribution in [3.63, 3.8) is 0 Å². The Labute approximate surface area is 201 Å². The SMILES string of the molecule is COCOCCC1CC=CC(NC(=O)OCc2ccccc2)C1C=CC(=O)CCC1OCCO1. The molecule has 2 aliphatic rings. The molecule has 0 saturated carbocycles. The molecule has 1 N–H and O–H groups in total. The second-order valence-electron chi connectivity index (χ2n) is 8.37. The molecule has 3 rings (SSSR count). The molecule has 0 aromatic heterocycles. The van der Waals surface area contributed by atoms with Crippen molar-refractivity contribution >= 4 is 11.9 Å². The molecule has 1 heterocycles. The van der Waals surface area contributed by atoms with Gasteiger partial charge >= 0.3 is 6.09 Å².